The molecule has 0 saturated carbocycles. The minimum Gasteiger partial charge on any atom is -0.454 e. The monoisotopic (exact) mass is 1580 g/mol. The predicted molar refractivity (Wildman–Crippen MR) is 519 cm³/mol. The summed E-state index contributed by atoms with van der Waals surface area (Å²) in [6.45, 7) is 0. The number of para-hydroxylation sites is 10. The Morgan fingerprint density at radius 2 is 0.339 bits per heavy atom. The fraction of sp³-hybridized carbons (Fsp3) is 0. The van der Waals surface area contributed by atoms with Gasteiger partial charge in [0.05, 0.1) is 45.5 Å². The molecule has 8 nitrogen and oxygen atoms in total. The second kappa shape index (κ2) is 28.5. The van der Waals surface area contributed by atoms with Crippen molar-refractivity contribution in [1.29, 1.82) is 0 Å². The summed E-state index contributed by atoms with van der Waals surface area (Å²) in [6, 6.07) is 156. The van der Waals surface area contributed by atoms with Gasteiger partial charge in [-0.15, -0.1) is 0 Å². The van der Waals surface area contributed by atoms with Gasteiger partial charge in [0.2, 0.25) is 0 Å². The molecule has 22 aromatic carbocycles. The van der Waals surface area contributed by atoms with Crippen molar-refractivity contribution < 1.29 is 17.7 Å². The van der Waals surface area contributed by atoms with Crippen molar-refractivity contribution in [2.75, 3.05) is 19.6 Å². The Bertz CT molecular complexity index is 8130. The summed E-state index contributed by atoms with van der Waals surface area (Å²) in [7, 11) is 0. The highest BCUT2D eigenvalue weighted by atomic mass is 16.3. The van der Waals surface area contributed by atoms with Crippen LogP contribution in [0.2, 0.25) is 0 Å². The Morgan fingerprint density at radius 1 is 0.129 bits per heavy atom. The minimum absolute atomic E-state index is 0.850. The lowest BCUT2D eigenvalue weighted by Gasteiger charge is -2.29. The van der Waals surface area contributed by atoms with Gasteiger partial charge < -0.3 is 37.3 Å². The average molecular weight is 1590 g/mol. The number of fused-ring (bicyclic) bond motifs is 12. The molecule has 0 aliphatic carbocycles. The highest BCUT2D eigenvalue weighted by Gasteiger charge is 2.30. The third-order valence-electron chi connectivity index (χ3n) is 25.2. The third-order valence-corrected chi connectivity index (χ3v) is 25.2. The molecule has 0 amide bonds. The van der Waals surface area contributed by atoms with Crippen LogP contribution in [-0.2, 0) is 0 Å². The molecule has 26 aromatic rings. The van der Waals surface area contributed by atoms with Crippen molar-refractivity contribution >= 4 is 221 Å². The highest BCUT2D eigenvalue weighted by molar-refractivity contribution is 6.31. The smallest absolute Gasteiger partial charge is 0.159 e. The molecule has 0 atom stereocenters. The van der Waals surface area contributed by atoms with Crippen molar-refractivity contribution in [2.45, 2.75) is 0 Å². The molecule has 124 heavy (non-hydrogen) atoms. The Kier molecular flexibility index (Phi) is 16.2. The largest absolute Gasteiger partial charge is 0.454 e. The van der Waals surface area contributed by atoms with Crippen molar-refractivity contribution in [1.82, 2.24) is 0 Å². The first-order chi connectivity index (χ1) is 61.5. The Labute approximate surface area is 712 Å². The van der Waals surface area contributed by atoms with Gasteiger partial charge in [0, 0.05) is 87.4 Å². The van der Waals surface area contributed by atoms with Crippen LogP contribution in [0.5, 0.6) is 0 Å². The van der Waals surface area contributed by atoms with Crippen LogP contribution in [0.1, 0.15) is 0 Å². The maximum atomic E-state index is 6.78. The van der Waals surface area contributed by atoms with E-state index in [4.69, 9.17) is 17.7 Å². The van der Waals surface area contributed by atoms with E-state index in [1.54, 1.807) is 0 Å². The predicted octanol–water partition coefficient (Wildman–Crippen LogP) is 34.0. The fourth-order valence-corrected chi connectivity index (χ4v) is 19.6. The lowest BCUT2D eigenvalue weighted by Crippen LogP contribution is -2.12. The van der Waals surface area contributed by atoms with E-state index in [9.17, 15) is 0 Å². The molecule has 0 aliphatic heterocycles. The van der Waals surface area contributed by atoms with E-state index < -0.39 is 0 Å². The van der Waals surface area contributed by atoms with Gasteiger partial charge in [-0.2, -0.15) is 0 Å². The lowest BCUT2D eigenvalue weighted by molar-refractivity contribution is 0.669. The van der Waals surface area contributed by atoms with E-state index in [-0.39, 0.29) is 0 Å². The Morgan fingerprint density at radius 3 is 0.605 bits per heavy atom. The van der Waals surface area contributed by atoms with Crippen LogP contribution in [0, 0.1) is 0 Å². The van der Waals surface area contributed by atoms with Crippen LogP contribution in [0.25, 0.3) is 175 Å². The standard InChI is InChI=1S/C64H40N2O2.C52H32N2O2/c1-3-13-41(14-4-1)43-25-33-47(34-26-43)65(57-21-11-19-51-49-17-7-9-23-59(49)67-63(51)57)55-39-31-45-30-38-54-56(40-32-46-29-37-53(55)61(45)62(46)54)66(48-35-27-44(28-36-48)42-15-5-2-6-16-42)58-22-12-20-52-50-18-8-10-24-60(50)68-64(52)58;1-3-13-35(14-4-1)53(45-21-11-19-39-37-17-7-9-23-47(37)55-51(39)45)43-31-27-33-26-30-42-44(32-28-34-25-29-41(43)49(33)50(34)42)54(36-15-5-2-6-16-36)46-22-12-20-40-38-18-8-10-24-48(38)56-52(40)46/h1-40H;1-32H. The number of furan rings is 4. The van der Waals surface area contributed by atoms with E-state index in [1.807, 2.05) is 36.4 Å². The molecule has 0 unspecified atom stereocenters. The van der Waals surface area contributed by atoms with Gasteiger partial charge in [-0.1, -0.05) is 315 Å². The van der Waals surface area contributed by atoms with Crippen LogP contribution < -0.4 is 19.6 Å². The van der Waals surface area contributed by atoms with Gasteiger partial charge in [0.25, 0.3) is 0 Å². The zero-order valence-electron chi connectivity index (χ0n) is 67.0. The Balaban J connectivity index is 0.000000138. The minimum atomic E-state index is 0.850. The van der Waals surface area contributed by atoms with Crippen molar-refractivity contribution in [3.63, 3.8) is 0 Å². The number of nitrogens with zero attached hydrogens (tertiary/aromatic N) is 4. The second-order valence-corrected chi connectivity index (χ2v) is 32.0. The molecule has 0 saturated heterocycles. The molecule has 0 aliphatic rings. The summed E-state index contributed by atoms with van der Waals surface area (Å²) in [5, 5.41) is 23.1. The quantitative estimate of drug-likeness (QED) is 0.0998. The molecule has 0 radical (unpaired) electrons. The Hall–Kier alpha value is -16.7. The van der Waals surface area contributed by atoms with Crippen LogP contribution in [0.3, 0.4) is 0 Å². The molecule has 0 fully saturated rings. The lowest BCUT2D eigenvalue weighted by atomic mass is 9.91. The van der Waals surface area contributed by atoms with Crippen molar-refractivity contribution in [2.24, 2.45) is 0 Å². The number of hydrogen-bond acceptors (Lipinski definition) is 8. The molecule has 0 bridgehead atoms. The summed E-state index contributed by atoms with van der Waals surface area (Å²) in [6.07, 6.45) is 0. The molecule has 8 heteroatoms. The fourth-order valence-electron chi connectivity index (χ4n) is 19.6. The van der Waals surface area contributed by atoms with Gasteiger partial charge in [-0.05, 0) is 187 Å². The molecule has 580 valence electrons. The van der Waals surface area contributed by atoms with Crippen molar-refractivity contribution in [3.8, 4) is 22.3 Å². The van der Waals surface area contributed by atoms with Crippen LogP contribution in [0.15, 0.2) is 454 Å². The number of hydrogen-bond donors (Lipinski definition) is 0. The van der Waals surface area contributed by atoms with Crippen molar-refractivity contribution in [3.05, 3.63) is 437 Å². The molecule has 0 spiro atoms. The van der Waals surface area contributed by atoms with Crippen LogP contribution in [0.4, 0.5) is 68.2 Å². The third kappa shape index (κ3) is 11.2. The molecule has 0 N–H and O–H groups in total. The molecule has 4 heterocycles. The summed E-state index contributed by atoms with van der Waals surface area (Å²) >= 11 is 0. The summed E-state index contributed by atoms with van der Waals surface area (Å²) < 4.78 is 26.9. The van der Waals surface area contributed by atoms with E-state index in [0.29, 0.717) is 0 Å². The highest BCUT2D eigenvalue weighted by Crippen LogP contribution is 2.55. The molecular weight excluding hydrogens is 1510 g/mol. The zero-order valence-corrected chi connectivity index (χ0v) is 67.0. The topological polar surface area (TPSA) is 65.5 Å². The maximum Gasteiger partial charge on any atom is 0.159 e. The van der Waals surface area contributed by atoms with Crippen LogP contribution in [-0.4, -0.2) is 0 Å². The number of anilines is 12. The molecule has 4 aromatic heterocycles. The number of rotatable bonds is 14. The van der Waals surface area contributed by atoms with E-state index in [1.165, 1.54) is 65.0 Å². The van der Waals surface area contributed by atoms with Crippen LogP contribution >= 0.6 is 0 Å². The molecular formula is C116H72N4O4. The molecule has 26 rings (SSSR count). The van der Waals surface area contributed by atoms with E-state index in [2.05, 4.69) is 420 Å². The van der Waals surface area contributed by atoms with Gasteiger partial charge in [-0.3, -0.25) is 0 Å². The first-order valence-corrected chi connectivity index (χ1v) is 42.2. The normalized spacial score (nSPS) is 11.9. The van der Waals surface area contributed by atoms with Gasteiger partial charge in [-0.25, -0.2) is 0 Å². The zero-order chi connectivity index (χ0) is 81.5. The van der Waals surface area contributed by atoms with Gasteiger partial charge in [0.1, 0.15) is 22.3 Å². The second-order valence-electron chi connectivity index (χ2n) is 32.0. The van der Waals surface area contributed by atoms with E-state index in [0.717, 1.165) is 178 Å². The van der Waals surface area contributed by atoms with Gasteiger partial charge >= 0.3 is 0 Å². The summed E-state index contributed by atoms with van der Waals surface area (Å²) in [4.78, 5) is 9.48. The average Bonchev–Trinajstić information content (AvgIpc) is 0.879. The summed E-state index contributed by atoms with van der Waals surface area (Å²) in [5.74, 6) is 0. The number of benzene rings is 22. The maximum absolute atomic E-state index is 6.78. The summed E-state index contributed by atoms with van der Waals surface area (Å²) in [5.41, 5.74) is 24.1. The SMILES string of the molecule is c1ccc(-c2ccc(N(c3ccc4ccc5c(N(c6ccc(-c7ccccc7)cc6)c6cccc7c6oc6ccccc67)ccc6ccc3c4c65)c3cccc4c3oc3ccccc34)cc2)cc1.c1ccc(N(c2ccc3ccc4c(N(c5ccccc5)c5cccc6c5oc5ccccc56)ccc5ccc2c3c54)c2cccc3c2oc2ccccc23)cc1. The van der Waals surface area contributed by atoms with Gasteiger partial charge in [0.15, 0.2) is 22.3 Å². The van der Waals surface area contributed by atoms with E-state index >= 15 is 0 Å². The first-order valence-electron chi connectivity index (χ1n) is 42.2. The first kappa shape index (κ1) is 70.3.